The number of amides is 2. The Kier molecular flexibility index (Phi) is 6.82. The van der Waals surface area contributed by atoms with Crippen molar-refractivity contribution in [1.29, 1.82) is 0 Å². The average Bonchev–Trinajstić information content (AvgIpc) is 2.59. The van der Waals surface area contributed by atoms with E-state index in [-0.39, 0.29) is 24.4 Å². The van der Waals surface area contributed by atoms with Gasteiger partial charge in [0.15, 0.2) is 0 Å². The Labute approximate surface area is 147 Å². The lowest BCUT2D eigenvalue weighted by Crippen LogP contribution is -2.41. The smallest absolute Gasteiger partial charge is 0.251 e. The van der Waals surface area contributed by atoms with Gasteiger partial charge in [-0.3, -0.25) is 9.59 Å². The van der Waals surface area contributed by atoms with Gasteiger partial charge >= 0.3 is 0 Å². The Balaban J connectivity index is 1.71. The van der Waals surface area contributed by atoms with Crippen molar-refractivity contribution in [3.8, 4) is 0 Å². The molecule has 0 aromatic heterocycles. The molecule has 0 aliphatic heterocycles. The maximum absolute atomic E-state index is 11.9. The first-order chi connectivity index (χ1) is 11.5. The third kappa shape index (κ3) is 6.05. The van der Waals surface area contributed by atoms with E-state index in [1.54, 1.807) is 24.3 Å². The number of hydrogen-bond donors (Lipinski definition) is 2. The summed E-state index contributed by atoms with van der Waals surface area (Å²) >= 11 is 5.85. The minimum Gasteiger partial charge on any atom is -0.352 e. The van der Waals surface area contributed by atoms with E-state index in [1.807, 2.05) is 25.1 Å². The molecule has 0 spiro atoms. The summed E-state index contributed by atoms with van der Waals surface area (Å²) in [6.07, 6.45) is 1.75. The first kappa shape index (κ1) is 18.0. The van der Waals surface area contributed by atoms with Crippen molar-refractivity contribution in [2.75, 3.05) is 6.54 Å². The van der Waals surface area contributed by atoms with E-state index in [4.69, 9.17) is 11.6 Å². The molecule has 2 aromatic carbocycles. The van der Waals surface area contributed by atoms with Crippen LogP contribution in [-0.4, -0.2) is 24.4 Å². The van der Waals surface area contributed by atoms with E-state index >= 15 is 0 Å². The van der Waals surface area contributed by atoms with Crippen LogP contribution in [0.3, 0.4) is 0 Å². The van der Waals surface area contributed by atoms with Crippen LogP contribution < -0.4 is 10.6 Å². The molecule has 0 unspecified atom stereocenters. The van der Waals surface area contributed by atoms with Gasteiger partial charge in [-0.05, 0) is 43.5 Å². The van der Waals surface area contributed by atoms with Crippen LogP contribution in [0.4, 0.5) is 0 Å². The lowest BCUT2D eigenvalue weighted by molar-refractivity contribution is -0.120. The van der Waals surface area contributed by atoms with Gasteiger partial charge in [0.2, 0.25) is 5.91 Å². The molecule has 0 saturated heterocycles. The van der Waals surface area contributed by atoms with Crippen molar-refractivity contribution in [3.63, 3.8) is 0 Å². The molecular formula is C19H21ClN2O2. The van der Waals surface area contributed by atoms with E-state index in [2.05, 4.69) is 22.8 Å². The average molecular weight is 345 g/mol. The number of benzene rings is 2. The predicted molar refractivity (Wildman–Crippen MR) is 96.2 cm³/mol. The second-order valence-electron chi connectivity index (χ2n) is 5.69. The van der Waals surface area contributed by atoms with Gasteiger partial charge in [-0.15, -0.1) is 0 Å². The molecule has 2 rings (SSSR count). The highest BCUT2D eigenvalue weighted by atomic mass is 35.5. The van der Waals surface area contributed by atoms with Crippen molar-refractivity contribution in [2.45, 2.75) is 25.8 Å². The lowest BCUT2D eigenvalue weighted by atomic mass is 10.1. The summed E-state index contributed by atoms with van der Waals surface area (Å²) in [6.45, 7) is 1.90. The molecule has 5 heteroatoms. The topological polar surface area (TPSA) is 58.2 Å². The number of aryl methyl sites for hydroxylation is 1. The van der Waals surface area contributed by atoms with Crippen LogP contribution in [0.25, 0.3) is 0 Å². The summed E-state index contributed by atoms with van der Waals surface area (Å²) in [5, 5.41) is 5.97. The molecule has 2 aromatic rings. The van der Waals surface area contributed by atoms with Crippen LogP contribution in [0.1, 0.15) is 29.3 Å². The van der Waals surface area contributed by atoms with Crippen LogP contribution in [0.15, 0.2) is 54.6 Å². The molecule has 0 radical (unpaired) electrons. The summed E-state index contributed by atoms with van der Waals surface area (Å²) in [4.78, 5) is 23.9. The van der Waals surface area contributed by atoms with Crippen LogP contribution in [0.2, 0.25) is 5.02 Å². The summed E-state index contributed by atoms with van der Waals surface area (Å²) in [5.74, 6) is -0.518. The second-order valence-corrected chi connectivity index (χ2v) is 6.12. The molecule has 0 heterocycles. The van der Waals surface area contributed by atoms with Crippen molar-refractivity contribution >= 4 is 23.4 Å². The normalized spacial score (nSPS) is 11.6. The first-order valence-electron chi connectivity index (χ1n) is 7.91. The number of rotatable bonds is 7. The van der Waals surface area contributed by atoms with Gasteiger partial charge < -0.3 is 10.6 Å². The Morgan fingerprint density at radius 2 is 1.83 bits per heavy atom. The molecule has 2 N–H and O–H groups in total. The van der Waals surface area contributed by atoms with Crippen LogP contribution in [0.5, 0.6) is 0 Å². The summed E-state index contributed by atoms with van der Waals surface area (Å²) in [5.41, 5.74) is 1.68. The fourth-order valence-corrected chi connectivity index (χ4v) is 2.51. The van der Waals surface area contributed by atoms with Gasteiger partial charge in [0.05, 0.1) is 6.54 Å². The van der Waals surface area contributed by atoms with Crippen molar-refractivity contribution in [1.82, 2.24) is 10.6 Å². The highest BCUT2D eigenvalue weighted by Crippen LogP contribution is 2.10. The quantitative estimate of drug-likeness (QED) is 0.810. The van der Waals surface area contributed by atoms with E-state index in [0.29, 0.717) is 10.6 Å². The Bertz CT molecular complexity index is 689. The van der Waals surface area contributed by atoms with E-state index in [9.17, 15) is 9.59 Å². The molecule has 1 atom stereocenters. The van der Waals surface area contributed by atoms with Crippen LogP contribution in [0, 0.1) is 0 Å². The van der Waals surface area contributed by atoms with Gasteiger partial charge in [-0.2, -0.15) is 0 Å². The number of halogens is 1. The zero-order chi connectivity index (χ0) is 17.4. The Morgan fingerprint density at radius 3 is 2.54 bits per heavy atom. The second kappa shape index (κ2) is 9.08. The van der Waals surface area contributed by atoms with Gasteiger partial charge in [0.1, 0.15) is 0 Å². The standard InChI is InChI=1S/C19H21ClN2O2/c1-14(10-11-15-6-3-2-4-7-15)22-18(23)13-21-19(24)16-8-5-9-17(20)12-16/h2-9,12,14H,10-11,13H2,1H3,(H,21,24)(H,22,23)/t14-/m1/s1. The zero-order valence-corrected chi connectivity index (χ0v) is 14.3. The largest absolute Gasteiger partial charge is 0.352 e. The highest BCUT2D eigenvalue weighted by molar-refractivity contribution is 6.30. The maximum atomic E-state index is 11.9. The van der Waals surface area contributed by atoms with Gasteiger partial charge in [0.25, 0.3) is 5.91 Å². The molecule has 0 aliphatic rings. The number of carbonyl (C=O) groups excluding carboxylic acids is 2. The number of hydrogen-bond acceptors (Lipinski definition) is 2. The predicted octanol–water partition coefficient (Wildman–Crippen LogP) is 3.21. The lowest BCUT2D eigenvalue weighted by Gasteiger charge is -2.14. The number of carbonyl (C=O) groups is 2. The Morgan fingerprint density at radius 1 is 1.08 bits per heavy atom. The molecule has 4 nitrogen and oxygen atoms in total. The third-order valence-electron chi connectivity index (χ3n) is 3.61. The minimum atomic E-state index is -0.315. The molecule has 0 fully saturated rings. The van der Waals surface area contributed by atoms with Crippen molar-refractivity contribution in [3.05, 3.63) is 70.7 Å². The number of nitrogens with one attached hydrogen (secondary N) is 2. The van der Waals surface area contributed by atoms with Gasteiger partial charge in [-0.1, -0.05) is 48.0 Å². The molecule has 0 bridgehead atoms. The first-order valence-corrected chi connectivity index (χ1v) is 8.29. The fourth-order valence-electron chi connectivity index (χ4n) is 2.32. The van der Waals surface area contributed by atoms with Gasteiger partial charge in [0, 0.05) is 16.6 Å². The van der Waals surface area contributed by atoms with Crippen molar-refractivity contribution in [2.24, 2.45) is 0 Å². The summed E-state index contributed by atoms with van der Waals surface area (Å²) < 4.78 is 0. The van der Waals surface area contributed by atoms with Gasteiger partial charge in [-0.25, -0.2) is 0 Å². The monoisotopic (exact) mass is 344 g/mol. The molecular weight excluding hydrogens is 324 g/mol. The fraction of sp³-hybridized carbons (Fsp3) is 0.263. The SMILES string of the molecule is C[C@H](CCc1ccccc1)NC(=O)CNC(=O)c1cccc(Cl)c1. The van der Waals surface area contributed by atoms with Crippen LogP contribution >= 0.6 is 11.6 Å². The molecule has 0 aliphatic carbocycles. The Hall–Kier alpha value is -2.33. The minimum absolute atomic E-state index is 0.0424. The molecule has 0 saturated carbocycles. The van der Waals surface area contributed by atoms with Crippen LogP contribution in [-0.2, 0) is 11.2 Å². The van der Waals surface area contributed by atoms with E-state index < -0.39 is 0 Å². The highest BCUT2D eigenvalue weighted by Gasteiger charge is 2.10. The molecule has 126 valence electrons. The summed E-state index contributed by atoms with van der Waals surface area (Å²) in [6, 6.07) is 16.8. The molecule has 24 heavy (non-hydrogen) atoms. The third-order valence-corrected chi connectivity index (χ3v) is 3.85. The van der Waals surface area contributed by atoms with E-state index in [1.165, 1.54) is 5.56 Å². The van der Waals surface area contributed by atoms with E-state index in [0.717, 1.165) is 12.8 Å². The zero-order valence-electron chi connectivity index (χ0n) is 13.6. The summed E-state index contributed by atoms with van der Waals surface area (Å²) in [7, 11) is 0. The molecule has 2 amide bonds. The van der Waals surface area contributed by atoms with Crippen molar-refractivity contribution < 1.29 is 9.59 Å². The maximum Gasteiger partial charge on any atom is 0.251 e.